The molecule has 2 rings (SSSR count). The second kappa shape index (κ2) is 7.23. The van der Waals surface area contributed by atoms with Gasteiger partial charge < -0.3 is 4.74 Å². The van der Waals surface area contributed by atoms with Gasteiger partial charge in [0.25, 0.3) is 10.0 Å². The number of nitrogens with zero attached hydrogens (tertiary/aromatic N) is 1. The predicted molar refractivity (Wildman–Crippen MR) is 94.0 cm³/mol. The number of hydrogen-bond donors (Lipinski definition) is 0. The number of carbonyl (C=O) groups excluding carboxylic acids is 1. The monoisotopic (exact) mass is 367 g/mol. The first-order chi connectivity index (χ1) is 11.3. The van der Waals surface area contributed by atoms with Crippen molar-refractivity contribution in [2.24, 2.45) is 5.92 Å². The summed E-state index contributed by atoms with van der Waals surface area (Å²) in [6.07, 6.45) is 0. The van der Waals surface area contributed by atoms with Crippen LogP contribution >= 0.6 is 11.6 Å². The van der Waals surface area contributed by atoms with Crippen LogP contribution in [0.1, 0.15) is 13.8 Å². The van der Waals surface area contributed by atoms with Crippen LogP contribution in [0.3, 0.4) is 0 Å². The molecule has 24 heavy (non-hydrogen) atoms. The molecule has 0 aliphatic rings. The number of amides is 1. The molecule has 7 heteroatoms. The fourth-order valence-electron chi connectivity index (χ4n) is 2.10. The molecule has 0 unspecified atom stereocenters. The summed E-state index contributed by atoms with van der Waals surface area (Å²) in [5.74, 6) is -0.654. The average Bonchev–Trinajstić information content (AvgIpc) is 2.55. The van der Waals surface area contributed by atoms with Crippen molar-refractivity contribution in [3.8, 4) is 5.75 Å². The number of halogens is 1. The van der Waals surface area contributed by atoms with Gasteiger partial charge in [-0.05, 0) is 30.3 Å². The smallest absolute Gasteiger partial charge is 0.270 e. The third-order valence-corrected chi connectivity index (χ3v) is 5.38. The maximum atomic E-state index is 13.0. The van der Waals surface area contributed by atoms with E-state index in [4.69, 9.17) is 16.3 Å². The summed E-state index contributed by atoms with van der Waals surface area (Å²) >= 11 is 6.10. The lowest BCUT2D eigenvalue weighted by Crippen LogP contribution is -2.39. The minimum absolute atomic E-state index is 0.0333. The predicted octanol–water partition coefficient (Wildman–Crippen LogP) is 3.73. The number of carbonyl (C=O) groups is 1. The maximum Gasteiger partial charge on any atom is 0.270 e. The standard InChI is InChI=1S/C17H18ClNO4S/c1-12(2)17(20)19(13-9-10-16(23-3)15(18)11-13)24(21,22)14-7-5-4-6-8-14/h4-12H,1-3H3. The Labute approximate surface area is 146 Å². The zero-order valence-electron chi connectivity index (χ0n) is 13.6. The Morgan fingerprint density at radius 1 is 1.12 bits per heavy atom. The molecule has 0 spiro atoms. The van der Waals surface area contributed by atoms with E-state index in [2.05, 4.69) is 0 Å². The van der Waals surface area contributed by atoms with Gasteiger partial charge in [0.15, 0.2) is 0 Å². The summed E-state index contributed by atoms with van der Waals surface area (Å²) < 4.78 is 31.8. The Morgan fingerprint density at radius 3 is 2.25 bits per heavy atom. The van der Waals surface area contributed by atoms with Crippen LogP contribution in [0.4, 0.5) is 5.69 Å². The number of ether oxygens (including phenoxy) is 1. The van der Waals surface area contributed by atoms with Crippen LogP contribution in [0.25, 0.3) is 0 Å². The third-order valence-electron chi connectivity index (χ3n) is 3.35. The number of sulfonamides is 1. The summed E-state index contributed by atoms with van der Waals surface area (Å²) in [4.78, 5) is 12.6. The lowest BCUT2D eigenvalue weighted by Gasteiger charge is -2.24. The molecular formula is C17H18ClNO4S. The molecule has 0 fully saturated rings. The Morgan fingerprint density at radius 2 is 1.75 bits per heavy atom. The van der Waals surface area contributed by atoms with Gasteiger partial charge in [-0.15, -0.1) is 0 Å². The zero-order chi connectivity index (χ0) is 17.9. The molecule has 2 aromatic carbocycles. The normalized spacial score (nSPS) is 11.4. The van der Waals surface area contributed by atoms with Crippen molar-refractivity contribution in [3.05, 3.63) is 53.6 Å². The Bertz CT molecular complexity index is 835. The first-order valence-electron chi connectivity index (χ1n) is 7.26. The zero-order valence-corrected chi connectivity index (χ0v) is 15.1. The second-order valence-corrected chi connectivity index (χ2v) is 7.59. The molecule has 0 N–H and O–H groups in total. The lowest BCUT2D eigenvalue weighted by molar-refractivity contribution is -0.120. The number of rotatable bonds is 5. The van der Waals surface area contributed by atoms with Gasteiger partial charge >= 0.3 is 0 Å². The quantitative estimate of drug-likeness (QED) is 0.807. The Balaban J connectivity index is 2.62. The fourth-order valence-corrected chi connectivity index (χ4v) is 3.90. The summed E-state index contributed by atoms with van der Waals surface area (Å²) in [6, 6.07) is 12.2. The van der Waals surface area contributed by atoms with Gasteiger partial charge in [-0.3, -0.25) is 4.79 Å². The molecular weight excluding hydrogens is 350 g/mol. The van der Waals surface area contributed by atoms with E-state index < -0.39 is 21.8 Å². The van der Waals surface area contributed by atoms with Crippen LogP contribution in [0, 0.1) is 5.92 Å². The van der Waals surface area contributed by atoms with E-state index in [9.17, 15) is 13.2 Å². The van der Waals surface area contributed by atoms with E-state index in [0.29, 0.717) is 5.75 Å². The van der Waals surface area contributed by atoms with E-state index in [1.165, 1.54) is 37.4 Å². The van der Waals surface area contributed by atoms with Gasteiger partial charge in [0.05, 0.1) is 22.7 Å². The van der Waals surface area contributed by atoms with Crippen molar-refractivity contribution >= 4 is 33.2 Å². The van der Waals surface area contributed by atoms with Gasteiger partial charge in [-0.1, -0.05) is 43.6 Å². The van der Waals surface area contributed by atoms with Crippen LogP contribution in [0.2, 0.25) is 5.02 Å². The first-order valence-corrected chi connectivity index (χ1v) is 9.08. The number of hydrogen-bond acceptors (Lipinski definition) is 4. The van der Waals surface area contributed by atoms with E-state index in [0.717, 1.165) is 4.31 Å². The van der Waals surface area contributed by atoms with Crippen LogP contribution < -0.4 is 9.04 Å². The highest BCUT2D eigenvalue weighted by atomic mass is 35.5. The maximum absolute atomic E-state index is 13.0. The molecule has 2 aromatic rings. The molecule has 5 nitrogen and oxygen atoms in total. The van der Waals surface area contributed by atoms with Gasteiger partial charge in [-0.25, -0.2) is 12.7 Å². The van der Waals surface area contributed by atoms with Crippen LogP contribution in [-0.4, -0.2) is 21.4 Å². The molecule has 0 saturated heterocycles. The topological polar surface area (TPSA) is 63.7 Å². The first kappa shape index (κ1) is 18.3. The van der Waals surface area contributed by atoms with Gasteiger partial charge in [0, 0.05) is 5.92 Å². The van der Waals surface area contributed by atoms with E-state index in [1.54, 1.807) is 32.0 Å². The highest BCUT2D eigenvalue weighted by Gasteiger charge is 2.32. The van der Waals surface area contributed by atoms with E-state index >= 15 is 0 Å². The number of benzene rings is 2. The molecule has 0 atom stereocenters. The molecule has 1 amide bonds. The van der Waals surface area contributed by atoms with E-state index in [-0.39, 0.29) is 15.6 Å². The van der Waals surface area contributed by atoms with Crippen molar-refractivity contribution in [2.45, 2.75) is 18.7 Å². The van der Waals surface area contributed by atoms with E-state index in [1.807, 2.05) is 0 Å². The molecule has 0 radical (unpaired) electrons. The van der Waals surface area contributed by atoms with Gasteiger partial charge in [0.2, 0.25) is 5.91 Å². The minimum atomic E-state index is -4.05. The largest absolute Gasteiger partial charge is 0.495 e. The second-order valence-electron chi connectivity index (χ2n) is 5.39. The SMILES string of the molecule is COc1ccc(N(C(=O)C(C)C)S(=O)(=O)c2ccccc2)cc1Cl. The van der Waals surface area contributed by atoms with Crippen molar-refractivity contribution in [1.82, 2.24) is 0 Å². The molecule has 0 aromatic heterocycles. The highest BCUT2D eigenvalue weighted by molar-refractivity contribution is 7.93. The Kier molecular flexibility index (Phi) is 5.51. The van der Waals surface area contributed by atoms with Crippen molar-refractivity contribution in [3.63, 3.8) is 0 Å². The highest BCUT2D eigenvalue weighted by Crippen LogP contribution is 2.32. The number of methoxy groups -OCH3 is 1. The minimum Gasteiger partial charge on any atom is -0.495 e. The van der Waals surface area contributed by atoms with Gasteiger partial charge in [-0.2, -0.15) is 0 Å². The molecule has 0 saturated carbocycles. The summed E-state index contributed by atoms with van der Waals surface area (Å²) in [7, 11) is -2.59. The molecule has 128 valence electrons. The van der Waals surface area contributed by atoms with Crippen molar-refractivity contribution in [1.29, 1.82) is 0 Å². The molecule has 0 bridgehead atoms. The van der Waals surface area contributed by atoms with Crippen molar-refractivity contribution in [2.75, 3.05) is 11.4 Å². The lowest BCUT2D eigenvalue weighted by atomic mass is 10.2. The van der Waals surface area contributed by atoms with Crippen LogP contribution in [0.15, 0.2) is 53.4 Å². The van der Waals surface area contributed by atoms with Crippen LogP contribution in [0.5, 0.6) is 5.75 Å². The van der Waals surface area contributed by atoms with Crippen molar-refractivity contribution < 1.29 is 17.9 Å². The summed E-state index contributed by atoms with van der Waals surface area (Å²) in [5, 5.41) is 0.222. The summed E-state index contributed by atoms with van der Waals surface area (Å²) in [5.41, 5.74) is 0.170. The van der Waals surface area contributed by atoms with Gasteiger partial charge in [0.1, 0.15) is 5.75 Å². The molecule has 0 aliphatic carbocycles. The average molecular weight is 368 g/mol. The molecule has 0 heterocycles. The summed E-state index contributed by atoms with van der Waals surface area (Å²) in [6.45, 7) is 3.28. The molecule has 0 aliphatic heterocycles. The van der Waals surface area contributed by atoms with Crippen LogP contribution in [-0.2, 0) is 14.8 Å². The number of anilines is 1. The third kappa shape index (κ3) is 3.55. The fraction of sp³-hybridized carbons (Fsp3) is 0.235. The Hall–Kier alpha value is -2.05.